The van der Waals surface area contributed by atoms with Crippen LogP contribution in [0.5, 0.6) is 0 Å². The Hall–Kier alpha value is -2.89. The SMILES string of the molecule is O=C(O)c1cccc([N+](=O)[O-])c1N1CCc2ccccc21. The first-order valence-electron chi connectivity index (χ1n) is 6.45. The van der Waals surface area contributed by atoms with Crippen LogP contribution in [0.15, 0.2) is 42.5 Å². The number of fused-ring (bicyclic) bond motifs is 1. The number of carbonyl (C=O) groups is 1. The number of hydrogen-bond acceptors (Lipinski definition) is 4. The van der Waals surface area contributed by atoms with Gasteiger partial charge >= 0.3 is 5.97 Å². The lowest BCUT2D eigenvalue weighted by Gasteiger charge is -2.21. The first-order valence-corrected chi connectivity index (χ1v) is 6.45. The summed E-state index contributed by atoms with van der Waals surface area (Å²) in [6.07, 6.45) is 0.737. The summed E-state index contributed by atoms with van der Waals surface area (Å²) in [5.74, 6) is -1.17. The fraction of sp³-hybridized carbons (Fsp3) is 0.133. The number of aromatic carboxylic acids is 1. The number of hydrogen-bond donors (Lipinski definition) is 1. The number of benzene rings is 2. The van der Waals surface area contributed by atoms with Crippen molar-refractivity contribution in [3.05, 3.63) is 63.7 Å². The topological polar surface area (TPSA) is 83.7 Å². The molecular formula is C15H12N2O4. The van der Waals surface area contributed by atoms with Gasteiger partial charge in [-0.3, -0.25) is 10.1 Å². The van der Waals surface area contributed by atoms with Crippen molar-refractivity contribution in [1.82, 2.24) is 0 Å². The summed E-state index contributed by atoms with van der Waals surface area (Å²) >= 11 is 0. The van der Waals surface area contributed by atoms with Crippen molar-refractivity contribution in [2.45, 2.75) is 6.42 Å². The van der Waals surface area contributed by atoms with Crippen LogP contribution in [-0.2, 0) is 6.42 Å². The highest BCUT2D eigenvalue weighted by Gasteiger charge is 2.30. The molecule has 0 radical (unpaired) electrons. The molecule has 2 aromatic carbocycles. The van der Waals surface area contributed by atoms with E-state index in [1.165, 1.54) is 18.2 Å². The molecule has 0 bridgehead atoms. The third-order valence-electron chi connectivity index (χ3n) is 3.60. The average Bonchev–Trinajstić information content (AvgIpc) is 2.90. The second kappa shape index (κ2) is 4.90. The van der Waals surface area contributed by atoms with E-state index in [0.717, 1.165) is 17.7 Å². The largest absolute Gasteiger partial charge is 0.478 e. The summed E-state index contributed by atoms with van der Waals surface area (Å²) < 4.78 is 0. The Kier molecular flexibility index (Phi) is 3.06. The Bertz CT molecular complexity index is 710. The highest BCUT2D eigenvalue weighted by Crippen LogP contribution is 2.41. The molecule has 1 aliphatic rings. The van der Waals surface area contributed by atoms with Crippen molar-refractivity contribution in [3.63, 3.8) is 0 Å². The molecular weight excluding hydrogens is 272 g/mol. The zero-order chi connectivity index (χ0) is 15.0. The summed E-state index contributed by atoms with van der Waals surface area (Å²) in [5, 5.41) is 20.6. The summed E-state index contributed by atoms with van der Waals surface area (Å²) in [5.41, 5.74) is 1.80. The molecule has 0 fully saturated rings. The van der Waals surface area contributed by atoms with E-state index in [2.05, 4.69) is 0 Å². The summed E-state index contributed by atoms with van der Waals surface area (Å²) in [6, 6.07) is 11.7. The maximum absolute atomic E-state index is 11.4. The number of para-hydroxylation sites is 2. The van der Waals surface area contributed by atoms with Crippen LogP contribution in [0.4, 0.5) is 17.1 Å². The maximum Gasteiger partial charge on any atom is 0.338 e. The number of carboxylic acids is 1. The van der Waals surface area contributed by atoms with Crippen LogP contribution in [0.3, 0.4) is 0 Å². The van der Waals surface area contributed by atoms with Crippen molar-refractivity contribution < 1.29 is 14.8 Å². The number of carboxylic acid groups (broad SMARTS) is 1. The molecule has 2 aromatic rings. The van der Waals surface area contributed by atoms with Crippen molar-refractivity contribution in [1.29, 1.82) is 0 Å². The minimum atomic E-state index is -1.17. The van der Waals surface area contributed by atoms with Crippen molar-refractivity contribution in [2.24, 2.45) is 0 Å². The standard InChI is InChI=1S/C15H12N2O4/c18-15(19)11-5-3-7-13(17(20)21)14(11)16-9-8-10-4-1-2-6-12(10)16/h1-7H,8-9H2,(H,18,19). The highest BCUT2D eigenvalue weighted by atomic mass is 16.6. The van der Waals surface area contributed by atoms with E-state index in [1.807, 2.05) is 24.3 Å². The summed E-state index contributed by atoms with van der Waals surface area (Å²) in [4.78, 5) is 23.8. The second-order valence-electron chi connectivity index (χ2n) is 4.77. The van der Waals surface area contributed by atoms with Gasteiger partial charge in [-0.15, -0.1) is 0 Å². The lowest BCUT2D eigenvalue weighted by atomic mass is 10.1. The monoisotopic (exact) mass is 284 g/mol. The Balaban J connectivity index is 2.23. The van der Waals surface area contributed by atoms with Crippen LogP contribution in [0.25, 0.3) is 0 Å². The molecule has 0 aliphatic carbocycles. The minimum absolute atomic E-state index is 0.0547. The first kappa shape index (κ1) is 13.1. The van der Waals surface area contributed by atoms with Gasteiger partial charge < -0.3 is 10.0 Å². The number of nitro benzene ring substituents is 1. The van der Waals surface area contributed by atoms with Crippen molar-refractivity contribution in [2.75, 3.05) is 11.4 Å². The van der Waals surface area contributed by atoms with E-state index in [1.54, 1.807) is 4.90 Å². The van der Waals surface area contributed by atoms with E-state index in [0.29, 0.717) is 6.54 Å². The van der Waals surface area contributed by atoms with Gasteiger partial charge in [0.05, 0.1) is 10.5 Å². The highest BCUT2D eigenvalue weighted by molar-refractivity contribution is 5.99. The molecule has 106 valence electrons. The van der Waals surface area contributed by atoms with Crippen LogP contribution >= 0.6 is 0 Å². The number of anilines is 2. The smallest absolute Gasteiger partial charge is 0.338 e. The zero-order valence-electron chi connectivity index (χ0n) is 11.0. The van der Waals surface area contributed by atoms with Crippen LogP contribution < -0.4 is 4.90 Å². The number of rotatable bonds is 3. The maximum atomic E-state index is 11.4. The molecule has 0 saturated heterocycles. The van der Waals surface area contributed by atoms with Gasteiger partial charge in [0.2, 0.25) is 0 Å². The lowest BCUT2D eigenvalue weighted by Crippen LogP contribution is -2.18. The van der Waals surface area contributed by atoms with Crippen LogP contribution in [0.1, 0.15) is 15.9 Å². The summed E-state index contributed by atoms with van der Waals surface area (Å²) in [7, 11) is 0. The Labute approximate surface area is 120 Å². The Morgan fingerprint density at radius 1 is 1.19 bits per heavy atom. The number of nitrogens with zero attached hydrogens (tertiary/aromatic N) is 2. The molecule has 0 aromatic heterocycles. The van der Waals surface area contributed by atoms with Crippen molar-refractivity contribution >= 4 is 23.0 Å². The van der Waals surface area contributed by atoms with Gasteiger partial charge in [0.1, 0.15) is 5.69 Å². The predicted octanol–water partition coefficient (Wildman–Crippen LogP) is 2.99. The molecule has 6 heteroatoms. The van der Waals surface area contributed by atoms with Gasteiger partial charge in [-0.1, -0.05) is 24.3 Å². The number of nitro groups is 1. The molecule has 3 rings (SSSR count). The molecule has 0 amide bonds. The van der Waals surface area contributed by atoms with Gasteiger partial charge in [0.15, 0.2) is 0 Å². The summed E-state index contributed by atoms with van der Waals surface area (Å²) in [6.45, 7) is 0.532. The minimum Gasteiger partial charge on any atom is -0.478 e. The molecule has 0 spiro atoms. The van der Waals surface area contributed by atoms with Gasteiger partial charge in [0.25, 0.3) is 5.69 Å². The molecule has 6 nitrogen and oxygen atoms in total. The third kappa shape index (κ3) is 2.10. The Morgan fingerprint density at radius 3 is 2.67 bits per heavy atom. The van der Waals surface area contributed by atoms with Crippen molar-refractivity contribution in [3.8, 4) is 0 Å². The first-order chi connectivity index (χ1) is 10.1. The molecule has 1 heterocycles. The molecule has 1 aliphatic heterocycles. The average molecular weight is 284 g/mol. The van der Waals surface area contributed by atoms with Gasteiger partial charge in [-0.05, 0) is 24.1 Å². The van der Waals surface area contributed by atoms with E-state index in [9.17, 15) is 20.0 Å². The van der Waals surface area contributed by atoms with Crippen LogP contribution in [0.2, 0.25) is 0 Å². The van der Waals surface area contributed by atoms with Gasteiger partial charge in [-0.25, -0.2) is 4.79 Å². The van der Waals surface area contributed by atoms with Gasteiger partial charge in [0, 0.05) is 18.3 Å². The van der Waals surface area contributed by atoms with E-state index in [-0.39, 0.29) is 16.9 Å². The zero-order valence-corrected chi connectivity index (χ0v) is 11.0. The fourth-order valence-corrected chi connectivity index (χ4v) is 2.71. The molecule has 0 unspecified atom stereocenters. The molecule has 0 saturated carbocycles. The molecule has 1 N–H and O–H groups in total. The third-order valence-corrected chi connectivity index (χ3v) is 3.60. The van der Waals surface area contributed by atoms with Crippen LogP contribution in [0, 0.1) is 10.1 Å². The van der Waals surface area contributed by atoms with E-state index in [4.69, 9.17) is 0 Å². The van der Waals surface area contributed by atoms with E-state index < -0.39 is 10.9 Å². The fourth-order valence-electron chi connectivity index (χ4n) is 2.71. The molecule has 21 heavy (non-hydrogen) atoms. The molecule has 0 atom stereocenters. The van der Waals surface area contributed by atoms with E-state index >= 15 is 0 Å². The predicted molar refractivity (Wildman–Crippen MR) is 77.2 cm³/mol. The Morgan fingerprint density at radius 2 is 1.95 bits per heavy atom. The second-order valence-corrected chi connectivity index (χ2v) is 4.77. The lowest BCUT2D eigenvalue weighted by molar-refractivity contribution is -0.384. The van der Waals surface area contributed by atoms with Gasteiger partial charge in [-0.2, -0.15) is 0 Å². The quantitative estimate of drug-likeness (QED) is 0.692. The van der Waals surface area contributed by atoms with Crippen LogP contribution in [-0.4, -0.2) is 22.5 Å². The normalized spacial score (nSPS) is 13.0.